The number of benzene rings is 1. The lowest BCUT2D eigenvalue weighted by molar-refractivity contribution is 0.912. The molecule has 86 valence electrons. The number of rotatable bonds is 4. The number of fused-ring (bicyclic) bond motifs is 1. The first-order chi connectivity index (χ1) is 7.69. The molecule has 16 heavy (non-hydrogen) atoms. The second-order valence-corrected chi connectivity index (χ2v) is 5.69. The van der Waals surface area contributed by atoms with E-state index in [1.165, 1.54) is 0 Å². The number of thioether (sulfide) groups is 1. The Morgan fingerprint density at radius 2 is 2.38 bits per heavy atom. The number of nitrogens with two attached hydrogens (primary N) is 1. The van der Waals surface area contributed by atoms with Gasteiger partial charge in [0.05, 0.1) is 10.2 Å². The molecular weight excluding hydrogens is 238 g/mol. The van der Waals surface area contributed by atoms with Crippen LogP contribution < -0.4 is 11.1 Å². The lowest BCUT2D eigenvalue weighted by Crippen LogP contribution is -2.17. The Morgan fingerprint density at radius 3 is 3.12 bits per heavy atom. The molecule has 1 atom stereocenters. The van der Waals surface area contributed by atoms with Crippen molar-refractivity contribution in [1.29, 1.82) is 0 Å². The zero-order chi connectivity index (χ0) is 11.5. The zero-order valence-electron chi connectivity index (χ0n) is 9.36. The molecule has 1 aromatic carbocycles. The van der Waals surface area contributed by atoms with Crippen LogP contribution in [0.5, 0.6) is 0 Å². The maximum atomic E-state index is 5.74. The van der Waals surface area contributed by atoms with Gasteiger partial charge in [0.15, 0.2) is 5.13 Å². The normalized spacial score (nSPS) is 12.9. The summed E-state index contributed by atoms with van der Waals surface area (Å²) in [6.45, 7) is 2.16. The number of anilines is 2. The third-order valence-electron chi connectivity index (χ3n) is 2.20. The summed E-state index contributed by atoms with van der Waals surface area (Å²) in [4.78, 5) is 4.52. The van der Waals surface area contributed by atoms with Gasteiger partial charge in [-0.3, -0.25) is 0 Å². The monoisotopic (exact) mass is 253 g/mol. The Balaban J connectivity index is 2.19. The van der Waals surface area contributed by atoms with Gasteiger partial charge in [-0.05, 0) is 31.4 Å². The Labute approximate surface area is 103 Å². The van der Waals surface area contributed by atoms with Crippen LogP contribution in [0, 0.1) is 0 Å². The lowest BCUT2D eigenvalue weighted by Gasteiger charge is -2.09. The number of nitrogen functional groups attached to an aromatic ring is 1. The van der Waals surface area contributed by atoms with Crippen LogP contribution in [0.4, 0.5) is 10.8 Å². The molecule has 2 aromatic rings. The van der Waals surface area contributed by atoms with Crippen LogP contribution in [-0.4, -0.2) is 23.0 Å². The fraction of sp³-hybridized carbons (Fsp3) is 0.364. The van der Waals surface area contributed by atoms with Crippen molar-refractivity contribution in [3.05, 3.63) is 18.2 Å². The SMILES string of the molecule is CSCC(C)Nc1nc2ccc(N)cc2s1. The topological polar surface area (TPSA) is 50.9 Å². The first-order valence-corrected chi connectivity index (χ1v) is 7.31. The van der Waals surface area contributed by atoms with Crippen LogP contribution >= 0.6 is 23.1 Å². The molecule has 0 saturated carbocycles. The second-order valence-electron chi connectivity index (χ2n) is 3.75. The Hall–Kier alpha value is -0.940. The molecule has 0 saturated heterocycles. The first-order valence-electron chi connectivity index (χ1n) is 5.10. The van der Waals surface area contributed by atoms with Crippen molar-refractivity contribution in [3.63, 3.8) is 0 Å². The van der Waals surface area contributed by atoms with Gasteiger partial charge in [0.1, 0.15) is 0 Å². The van der Waals surface area contributed by atoms with Crippen molar-refractivity contribution in [2.45, 2.75) is 13.0 Å². The van der Waals surface area contributed by atoms with Crippen molar-refractivity contribution in [2.75, 3.05) is 23.1 Å². The predicted molar refractivity (Wildman–Crippen MR) is 75.5 cm³/mol. The van der Waals surface area contributed by atoms with Crippen molar-refractivity contribution >= 4 is 44.1 Å². The first kappa shape index (κ1) is 11.5. The highest BCUT2D eigenvalue weighted by Crippen LogP contribution is 2.27. The summed E-state index contributed by atoms with van der Waals surface area (Å²) in [7, 11) is 0. The van der Waals surface area contributed by atoms with E-state index in [0.717, 1.165) is 26.8 Å². The molecule has 0 aliphatic carbocycles. The van der Waals surface area contributed by atoms with E-state index in [4.69, 9.17) is 5.73 Å². The molecule has 1 unspecified atom stereocenters. The molecule has 0 radical (unpaired) electrons. The van der Waals surface area contributed by atoms with E-state index in [1.54, 1.807) is 11.3 Å². The average molecular weight is 253 g/mol. The van der Waals surface area contributed by atoms with Crippen molar-refractivity contribution in [2.24, 2.45) is 0 Å². The minimum absolute atomic E-state index is 0.438. The summed E-state index contributed by atoms with van der Waals surface area (Å²) in [6.07, 6.45) is 2.11. The van der Waals surface area contributed by atoms with Gasteiger partial charge < -0.3 is 11.1 Å². The number of thiazole rings is 1. The summed E-state index contributed by atoms with van der Waals surface area (Å²) in [5, 5.41) is 4.37. The van der Waals surface area contributed by atoms with Gasteiger partial charge >= 0.3 is 0 Å². The highest BCUT2D eigenvalue weighted by molar-refractivity contribution is 7.98. The van der Waals surface area contributed by atoms with Gasteiger partial charge in [-0.2, -0.15) is 11.8 Å². The summed E-state index contributed by atoms with van der Waals surface area (Å²) in [5.41, 5.74) is 7.54. The largest absolute Gasteiger partial charge is 0.399 e. The standard InChI is InChI=1S/C11H15N3S2/c1-7(6-15-2)13-11-14-9-4-3-8(12)5-10(9)16-11/h3-5,7H,6,12H2,1-2H3,(H,13,14). The van der Waals surface area contributed by atoms with E-state index in [-0.39, 0.29) is 0 Å². The summed E-state index contributed by atoms with van der Waals surface area (Å²) in [6, 6.07) is 6.26. The van der Waals surface area contributed by atoms with Gasteiger partial charge in [-0.15, -0.1) is 0 Å². The number of aromatic nitrogens is 1. The van der Waals surface area contributed by atoms with Gasteiger partial charge in [0.25, 0.3) is 0 Å². The molecule has 0 fully saturated rings. The predicted octanol–water partition coefficient (Wildman–Crippen LogP) is 3.04. The van der Waals surface area contributed by atoms with Gasteiger partial charge in [0.2, 0.25) is 0 Å². The van der Waals surface area contributed by atoms with Crippen LogP contribution in [0.15, 0.2) is 18.2 Å². The molecule has 0 aliphatic heterocycles. The number of hydrogen-bond donors (Lipinski definition) is 2. The van der Waals surface area contributed by atoms with Gasteiger partial charge in [-0.1, -0.05) is 11.3 Å². The van der Waals surface area contributed by atoms with Crippen LogP contribution in [0.2, 0.25) is 0 Å². The molecule has 5 heteroatoms. The number of hydrogen-bond acceptors (Lipinski definition) is 5. The number of nitrogens with zero attached hydrogens (tertiary/aromatic N) is 1. The van der Waals surface area contributed by atoms with E-state index >= 15 is 0 Å². The highest BCUT2D eigenvalue weighted by Gasteiger charge is 2.06. The molecule has 3 nitrogen and oxygen atoms in total. The molecule has 1 heterocycles. The van der Waals surface area contributed by atoms with E-state index in [9.17, 15) is 0 Å². The van der Waals surface area contributed by atoms with Crippen molar-refractivity contribution < 1.29 is 0 Å². The van der Waals surface area contributed by atoms with Crippen LogP contribution in [-0.2, 0) is 0 Å². The maximum absolute atomic E-state index is 5.74. The smallest absolute Gasteiger partial charge is 0.184 e. The molecule has 0 aliphatic rings. The average Bonchev–Trinajstić information content (AvgIpc) is 2.59. The molecule has 0 spiro atoms. The zero-order valence-corrected chi connectivity index (χ0v) is 11.0. The summed E-state index contributed by atoms with van der Waals surface area (Å²) in [5.74, 6) is 1.08. The van der Waals surface area contributed by atoms with E-state index < -0.39 is 0 Å². The summed E-state index contributed by atoms with van der Waals surface area (Å²) < 4.78 is 1.14. The summed E-state index contributed by atoms with van der Waals surface area (Å²) >= 11 is 3.49. The fourth-order valence-corrected chi connectivity index (χ4v) is 3.11. The quantitative estimate of drug-likeness (QED) is 0.822. The fourth-order valence-electron chi connectivity index (χ4n) is 1.51. The highest BCUT2D eigenvalue weighted by atomic mass is 32.2. The molecule has 0 bridgehead atoms. The van der Waals surface area contributed by atoms with Crippen molar-refractivity contribution in [3.8, 4) is 0 Å². The molecule has 3 N–H and O–H groups in total. The third-order valence-corrected chi connectivity index (χ3v) is 3.98. The van der Waals surface area contributed by atoms with E-state index in [0.29, 0.717) is 6.04 Å². The Bertz CT molecular complexity index is 481. The minimum Gasteiger partial charge on any atom is -0.399 e. The third kappa shape index (κ3) is 2.59. The number of nitrogens with one attached hydrogen (secondary N) is 1. The lowest BCUT2D eigenvalue weighted by atomic mass is 10.3. The van der Waals surface area contributed by atoms with Crippen LogP contribution in [0.25, 0.3) is 10.2 Å². The van der Waals surface area contributed by atoms with E-state index in [1.807, 2.05) is 30.0 Å². The molecular formula is C11H15N3S2. The Kier molecular flexibility index (Phi) is 3.56. The maximum Gasteiger partial charge on any atom is 0.184 e. The second kappa shape index (κ2) is 4.93. The van der Waals surface area contributed by atoms with Crippen LogP contribution in [0.1, 0.15) is 6.92 Å². The van der Waals surface area contributed by atoms with Crippen LogP contribution in [0.3, 0.4) is 0 Å². The Morgan fingerprint density at radius 1 is 1.56 bits per heavy atom. The molecule has 2 rings (SSSR count). The molecule has 0 amide bonds. The van der Waals surface area contributed by atoms with E-state index in [2.05, 4.69) is 23.5 Å². The van der Waals surface area contributed by atoms with Gasteiger partial charge in [0, 0.05) is 17.5 Å². The van der Waals surface area contributed by atoms with Gasteiger partial charge in [-0.25, -0.2) is 4.98 Å². The minimum atomic E-state index is 0.438. The van der Waals surface area contributed by atoms with Crippen molar-refractivity contribution in [1.82, 2.24) is 4.98 Å². The molecule has 1 aromatic heterocycles.